The molecule has 1 aliphatic heterocycles. The molecule has 2 N–H and O–H groups in total. The number of amides is 2. The molecule has 1 heterocycles. The molecule has 158 valence electrons. The van der Waals surface area contributed by atoms with Crippen LogP contribution in [0.2, 0.25) is 0 Å². The number of rotatable bonds is 5. The normalized spacial score (nSPS) is 15.0. The summed E-state index contributed by atoms with van der Waals surface area (Å²) < 4.78 is 11.6. The van der Waals surface area contributed by atoms with Gasteiger partial charge in [-0.1, -0.05) is 34.1 Å². The lowest BCUT2D eigenvalue weighted by molar-refractivity contribution is 0.0490. The molecule has 0 saturated heterocycles. The molecular formula is C23H20BrN3O4. The fourth-order valence-corrected chi connectivity index (χ4v) is 3.66. The smallest absolute Gasteiger partial charge is 0.276 e. The molecule has 8 heteroatoms. The van der Waals surface area contributed by atoms with Crippen molar-refractivity contribution in [2.75, 3.05) is 19.5 Å². The predicted molar refractivity (Wildman–Crippen MR) is 120 cm³/mol. The number of fused-ring (bicyclic) bond motifs is 1. The maximum atomic E-state index is 13.3. The number of carbonyl (C=O) groups excluding carboxylic acids is 2. The number of hydrogen-bond donors (Lipinski definition) is 2. The minimum absolute atomic E-state index is 0.320. The van der Waals surface area contributed by atoms with E-state index in [9.17, 15) is 9.59 Å². The Labute approximate surface area is 188 Å². The van der Waals surface area contributed by atoms with Crippen LogP contribution in [0.15, 0.2) is 71.2 Å². The first-order valence-electron chi connectivity index (χ1n) is 9.49. The van der Waals surface area contributed by atoms with Gasteiger partial charge < -0.3 is 14.8 Å². The number of benzene rings is 3. The van der Waals surface area contributed by atoms with E-state index in [1.807, 2.05) is 18.2 Å². The Hall–Kier alpha value is -3.52. The van der Waals surface area contributed by atoms with Crippen molar-refractivity contribution in [3.8, 4) is 11.5 Å². The number of hydrogen-bond acceptors (Lipinski definition) is 5. The molecule has 3 aromatic rings. The summed E-state index contributed by atoms with van der Waals surface area (Å²) in [4.78, 5) is 26.2. The van der Waals surface area contributed by atoms with Crippen molar-refractivity contribution in [1.82, 2.24) is 10.4 Å². The van der Waals surface area contributed by atoms with E-state index in [1.54, 1.807) is 62.8 Å². The summed E-state index contributed by atoms with van der Waals surface area (Å²) in [6, 6.07) is 19.4. The van der Waals surface area contributed by atoms with Crippen LogP contribution in [-0.2, 0) is 0 Å². The van der Waals surface area contributed by atoms with Gasteiger partial charge in [0.25, 0.3) is 11.8 Å². The van der Waals surface area contributed by atoms with Crippen LogP contribution in [0.3, 0.4) is 0 Å². The van der Waals surface area contributed by atoms with Crippen molar-refractivity contribution in [3.63, 3.8) is 0 Å². The Morgan fingerprint density at radius 1 is 1.00 bits per heavy atom. The number of nitrogens with zero attached hydrogens (tertiary/aromatic N) is 1. The van der Waals surface area contributed by atoms with E-state index in [-0.39, 0.29) is 5.91 Å². The lowest BCUT2D eigenvalue weighted by Crippen LogP contribution is -2.52. The summed E-state index contributed by atoms with van der Waals surface area (Å²) in [5.41, 5.74) is 5.06. The molecule has 0 fully saturated rings. The summed E-state index contributed by atoms with van der Waals surface area (Å²) >= 11 is 3.36. The van der Waals surface area contributed by atoms with Crippen LogP contribution in [0.25, 0.3) is 0 Å². The number of para-hydroxylation sites is 1. The second-order valence-corrected chi connectivity index (χ2v) is 7.75. The fraction of sp³-hybridized carbons (Fsp3) is 0.130. The molecule has 0 radical (unpaired) electrons. The Morgan fingerprint density at radius 2 is 1.71 bits per heavy atom. The minimum Gasteiger partial charge on any atom is -0.493 e. The highest BCUT2D eigenvalue weighted by atomic mass is 79.9. The van der Waals surface area contributed by atoms with Crippen molar-refractivity contribution in [3.05, 3.63) is 87.9 Å². The monoisotopic (exact) mass is 481 g/mol. The van der Waals surface area contributed by atoms with Crippen LogP contribution >= 0.6 is 15.9 Å². The van der Waals surface area contributed by atoms with Gasteiger partial charge in [-0.2, -0.15) is 0 Å². The molecule has 0 bridgehead atoms. The highest BCUT2D eigenvalue weighted by Crippen LogP contribution is 2.36. The van der Waals surface area contributed by atoms with Gasteiger partial charge in [-0.05, 0) is 48.5 Å². The van der Waals surface area contributed by atoms with Crippen LogP contribution in [0, 0.1) is 0 Å². The number of ether oxygens (including phenoxy) is 2. The summed E-state index contributed by atoms with van der Waals surface area (Å²) in [5.74, 6) is 0.374. The number of anilines is 1. The average molecular weight is 482 g/mol. The van der Waals surface area contributed by atoms with Crippen LogP contribution in [0.4, 0.5) is 5.69 Å². The van der Waals surface area contributed by atoms with Gasteiger partial charge in [0.1, 0.15) is 6.17 Å². The fourth-order valence-electron chi connectivity index (χ4n) is 3.40. The first-order valence-corrected chi connectivity index (χ1v) is 10.3. The standard InChI is InChI=1S/C23H20BrN3O4/c1-30-19-12-9-15(13-20(19)31-2)21-25-18-6-4-3-5-17(18)23(29)27(21)26-22(28)14-7-10-16(24)11-8-14/h3-13,21,25H,1-2H3,(H,26,28)/t21-/m1/s1. The van der Waals surface area contributed by atoms with Gasteiger partial charge in [-0.15, -0.1) is 0 Å². The second-order valence-electron chi connectivity index (χ2n) is 6.83. The Morgan fingerprint density at radius 3 is 2.42 bits per heavy atom. The maximum Gasteiger partial charge on any atom is 0.276 e. The summed E-state index contributed by atoms with van der Waals surface area (Å²) in [6.07, 6.45) is -0.651. The SMILES string of the molecule is COc1ccc([C@@H]2Nc3ccccc3C(=O)N2NC(=O)c2ccc(Br)cc2)cc1OC. The minimum atomic E-state index is -0.651. The van der Waals surface area contributed by atoms with E-state index in [4.69, 9.17) is 9.47 Å². The molecular weight excluding hydrogens is 462 g/mol. The van der Waals surface area contributed by atoms with Gasteiger partial charge in [-0.3, -0.25) is 15.0 Å². The Bertz CT molecular complexity index is 1130. The summed E-state index contributed by atoms with van der Waals surface area (Å²) in [7, 11) is 3.10. The number of methoxy groups -OCH3 is 2. The molecule has 0 spiro atoms. The van der Waals surface area contributed by atoms with Crippen molar-refractivity contribution in [1.29, 1.82) is 0 Å². The van der Waals surface area contributed by atoms with Crippen LogP contribution in [0.5, 0.6) is 11.5 Å². The van der Waals surface area contributed by atoms with Crippen LogP contribution < -0.4 is 20.2 Å². The summed E-state index contributed by atoms with van der Waals surface area (Å²) in [6.45, 7) is 0. The molecule has 31 heavy (non-hydrogen) atoms. The first-order chi connectivity index (χ1) is 15.0. The molecule has 7 nitrogen and oxygen atoms in total. The molecule has 0 unspecified atom stereocenters. The molecule has 0 saturated carbocycles. The van der Waals surface area contributed by atoms with Gasteiger partial charge in [0.2, 0.25) is 0 Å². The molecule has 4 rings (SSSR count). The number of nitrogens with one attached hydrogen (secondary N) is 2. The molecule has 0 aliphatic carbocycles. The van der Waals surface area contributed by atoms with Crippen LogP contribution in [0.1, 0.15) is 32.4 Å². The second kappa shape index (κ2) is 8.69. The molecule has 0 aromatic heterocycles. The van der Waals surface area contributed by atoms with Gasteiger partial charge in [0, 0.05) is 21.3 Å². The highest BCUT2D eigenvalue weighted by molar-refractivity contribution is 9.10. The van der Waals surface area contributed by atoms with Crippen molar-refractivity contribution in [2.45, 2.75) is 6.17 Å². The van der Waals surface area contributed by atoms with E-state index in [0.717, 1.165) is 10.0 Å². The molecule has 3 aromatic carbocycles. The largest absolute Gasteiger partial charge is 0.493 e. The molecule has 2 amide bonds. The van der Waals surface area contributed by atoms with Crippen molar-refractivity contribution < 1.29 is 19.1 Å². The zero-order chi connectivity index (χ0) is 22.0. The third kappa shape index (κ3) is 4.06. The number of carbonyl (C=O) groups is 2. The van der Waals surface area contributed by atoms with Crippen LogP contribution in [-0.4, -0.2) is 31.0 Å². The van der Waals surface area contributed by atoms with E-state index in [1.165, 1.54) is 5.01 Å². The average Bonchev–Trinajstić information content (AvgIpc) is 2.80. The lowest BCUT2D eigenvalue weighted by Gasteiger charge is -2.37. The number of hydrazine groups is 1. The third-order valence-corrected chi connectivity index (χ3v) is 5.51. The van der Waals surface area contributed by atoms with E-state index in [2.05, 4.69) is 26.7 Å². The van der Waals surface area contributed by atoms with E-state index >= 15 is 0 Å². The van der Waals surface area contributed by atoms with Gasteiger partial charge in [-0.25, -0.2) is 5.01 Å². The quantitative estimate of drug-likeness (QED) is 0.565. The van der Waals surface area contributed by atoms with Gasteiger partial charge in [0.05, 0.1) is 19.8 Å². The zero-order valence-electron chi connectivity index (χ0n) is 16.9. The highest BCUT2D eigenvalue weighted by Gasteiger charge is 2.34. The van der Waals surface area contributed by atoms with Gasteiger partial charge >= 0.3 is 0 Å². The predicted octanol–water partition coefficient (Wildman–Crippen LogP) is 4.38. The third-order valence-electron chi connectivity index (χ3n) is 4.98. The Balaban J connectivity index is 1.73. The topological polar surface area (TPSA) is 79.9 Å². The van der Waals surface area contributed by atoms with Crippen molar-refractivity contribution >= 4 is 33.4 Å². The molecule has 1 aliphatic rings. The Kier molecular flexibility index (Phi) is 5.81. The lowest BCUT2D eigenvalue weighted by atomic mass is 10.0. The van der Waals surface area contributed by atoms with Crippen molar-refractivity contribution in [2.24, 2.45) is 0 Å². The van der Waals surface area contributed by atoms with E-state index < -0.39 is 12.1 Å². The maximum absolute atomic E-state index is 13.3. The molecule has 1 atom stereocenters. The first kappa shape index (κ1) is 20.7. The van der Waals surface area contributed by atoms with E-state index in [0.29, 0.717) is 28.3 Å². The number of halogens is 1. The van der Waals surface area contributed by atoms with Gasteiger partial charge in [0.15, 0.2) is 11.5 Å². The zero-order valence-corrected chi connectivity index (χ0v) is 18.5. The summed E-state index contributed by atoms with van der Waals surface area (Å²) in [5, 5.41) is 4.63.